The molecule has 7 rings (SSSR count). The van der Waals surface area contributed by atoms with Crippen LogP contribution in [0.15, 0.2) is 103 Å². The minimum absolute atomic E-state index is 0.0181. The molecule has 2 aliphatic rings. The molecule has 1 atom stereocenters. The molecule has 2 N–H and O–H groups in total. The molecule has 0 radical (unpaired) electrons. The first-order chi connectivity index (χ1) is 17.4. The summed E-state index contributed by atoms with van der Waals surface area (Å²) in [5.74, 6) is 0. The fourth-order valence-electron chi connectivity index (χ4n) is 5.82. The predicted octanol–water partition coefficient (Wildman–Crippen LogP) is 6.53. The second kappa shape index (κ2) is 8.24. The maximum atomic E-state index is 3.90. The highest BCUT2D eigenvalue weighted by Gasteiger charge is 2.25. The summed E-state index contributed by atoms with van der Waals surface area (Å²) < 4.78 is 4.69. The standard InChI is InChI=1S/C31H28N4/c1-3-10-22(11-4-1)24-15-9-20-32-31(24)33-35-29-16-8-7-14-25(29)26-17-18-28-27(30(26)35)19-21-34(28)23-12-5-2-6-13-23/h1-6,9-13,15,17-21,31-33H,7-8,14,16H2. The molecule has 5 aromatic rings. The summed E-state index contributed by atoms with van der Waals surface area (Å²) >= 11 is 0. The molecule has 1 aliphatic heterocycles. The minimum Gasteiger partial charge on any atom is -0.367 e. The summed E-state index contributed by atoms with van der Waals surface area (Å²) in [6.07, 6.45) is 13.3. The third-order valence-corrected chi connectivity index (χ3v) is 7.45. The van der Waals surface area contributed by atoms with Crippen molar-refractivity contribution < 1.29 is 0 Å². The van der Waals surface area contributed by atoms with Crippen LogP contribution in [-0.2, 0) is 12.8 Å². The highest BCUT2D eigenvalue weighted by molar-refractivity contribution is 6.07. The number of dihydropyridines is 1. The van der Waals surface area contributed by atoms with Gasteiger partial charge in [-0.3, -0.25) is 10.1 Å². The van der Waals surface area contributed by atoms with Crippen molar-refractivity contribution in [1.29, 1.82) is 0 Å². The Kier molecular flexibility index (Phi) is 4.76. The quantitative estimate of drug-likeness (QED) is 0.322. The summed E-state index contributed by atoms with van der Waals surface area (Å²) in [6.45, 7) is 0. The van der Waals surface area contributed by atoms with Crippen LogP contribution < -0.4 is 10.7 Å². The van der Waals surface area contributed by atoms with Crippen LogP contribution >= 0.6 is 0 Å². The number of nitrogens with zero attached hydrogens (tertiary/aromatic N) is 2. The predicted molar refractivity (Wildman–Crippen MR) is 145 cm³/mol. The van der Waals surface area contributed by atoms with Crippen molar-refractivity contribution in [2.45, 2.75) is 31.8 Å². The molecule has 1 aliphatic carbocycles. The minimum atomic E-state index is -0.0181. The molecule has 3 aromatic carbocycles. The number of hydrogen-bond donors (Lipinski definition) is 2. The Hall–Kier alpha value is -4.18. The topological polar surface area (TPSA) is 33.9 Å². The summed E-state index contributed by atoms with van der Waals surface area (Å²) in [7, 11) is 0. The van der Waals surface area contributed by atoms with E-state index in [4.69, 9.17) is 0 Å². The van der Waals surface area contributed by atoms with Crippen LogP contribution in [-0.4, -0.2) is 15.4 Å². The molecule has 2 aromatic heterocycles. The van der Waals surface area contributed by atoms with Crippen molar-refractivity contribution >= 4 is 27.4 Å². The van der Waals surface area contributed by atoms with Crippen molar-refractivity contribution in [1.82, 2.24) is 14.6 Å². The van der Waals surface area contributed by atoms with Gasteiger partial charge in [-0.05, 0) is 73.4 Å². The second-order valence-corrected chi connectivity index (χ2v) is 9.46. The van der Waals surface area contributed by atoms with E-state index in [-0.39, 0.29) is 6.17 Å². The van der Waals surface area contributed by atoms with E-state index in [0.717, 1.165) is 12.8 Å². The largest absolute Gasteiger partial charge is 0.367 e. The van der Waals surface area contributed by atoms with Gasteiger partial charge in [0.2, 0.25) is 0 Å². The Morgan fingerprint density at radius 3 is 2.46 bits per heavy atom. The van der Waals surface area contributed by atoms with Crippen LogP contribution in [0.4, 0.5) is 0 Å². The molecule has 0 bridgehead atoms. The van der Waals surface area contributed by atoms with Crippen LogP contribution in [0.3, 0.4) is 0 Å². The molecule has 1 unspecified atom stereocenters. The Morgan fingerprint density at radius 1 is 0.800 bits per heavy atom. The number of para-hydroxylation sites is 1. The van der Waals surface area contributed by atoms with Gasteiger partial charge < -0.3 is 9.88 Å². The van der Waals surface area contributed by atoms with E-state index in [9.17, 15) is 0 Å². The van der Waals surface area contributed by atoms with Gasteiger partial charge in [0.1, 0.15) is 6.17 Å². The zero-order valence-corrected chi connectivity index (χ0v) is 19.6. The van der Waals surface area contributed by atoms with E-state index >= 15 is 0 Å². The second-order valence-electron chi connectivity index (χ2n) is 9.46. The summed E-state index contributed by atoms with van der Waals surface area (Å²) in [4.78, 5) is 0. The molecule has 0 saturated heterocycles. The van der Waals surface area contributed by atoms with E-state index in [1.807, 2.05) is 6.20 Å². The fraction of sp³-hybridized carbons (Fsp3) is 0.161. The summed E-state index contributed by atoms with van der Waals surface area (Å²) in [5.41, 5.74) is 13.0. The number of benzene rings is 3. The Balaban J connectivity index is 1.41. The first-order valence-electron chi connectivity index (χ1n) is 12.5. The zero-order valence-electron chi connectivity index (χ0n) is 19.6. The molecule has 3 heterocycles. The Labute approximate surface area is 205 Å². The van der Waals surface area contributed by atoms with E-state index in [1.54, 1.807) is 0 Å². The third kappa shape index (κ3) is 3.28. The summed E-state index contributed by atoms with van der Waals surface area (Å²) in [6, 6.07) is 28.2. The number of nitrogens with one attached hydrogen (secondary N) is 2. The summed E-state index contributed by atoms with van der Waals surface area (Å²) in [5, 5.41) is 6.23. The number of fused-ring (bicyclic) bond motifs is 5. The molecule has 0 spiro atoms. The highest BCUT2D eigenvalue weighted by Crippen LogP contribution is 2.37. The fourth-order valence-corrected chi connectivity index (χ4v) is 5.82. The lowest BCUT2D eigenvalue weighted by molar-refractivity contribution is 0.626. The van der Waals surface area contributed by atoms with Gasteiger partial charge in [-0.2, -0.15) is 0 Å². The first-order valence-corrected chi connectivity index (χ1v) is 12.5. The van der Waals surface area contributed by atoms with Gasteiger partial charge in [0.05, 0.1) is 11.0 Å². The molecule has 4 heteroatoms. The molecular weight excluding hydrogens is 428 g/mol. The van der Waals surface area contributed by atoms with Gasteiger partial charge in [-0.1, -0.05) is 60.7 Å². The van der Waals surface area contributed by atoms with Crippen molar-refractivity contribution in [3.05, 3.63) is 120 Å². The van der Waals surface area contributed by atoms with Crippen molar-refractivity contribution in [2.75, 3.05) is 5.43 Å². The van der Waals surface area contributed by atoms with E-state index in [1.165, 1.54) is 62.7 Å². The monoisotopic (exact) mass is 456 g/mol. The molecule has 4 nitrogen and oxygen atoms in total. The lowest BCUT2D eigenvalue weighted by Crippen LogP contribution is -2.40. The number of aryl methyl sites for hydroxylation is 1. The van der Waals surface area contributed by atoms with E-state index in [2.05, 4.69) is 117 Å². The van der Waals surface area contributed by atoms with Gasteiger partial charge >= 0.3 is 0 Å². The van der Waals surface area contributed by atoms with Crippen LogP contribution in [0.25, 0.3) is 33.1 Å². The number of hydrogen-bond acceptors (Lipinski definition) is 2. The van der Waals surface area contributed by atoms with Crippen molar-refractivity contribution in [3.8, 4) is 5.69 Å². The first kappa shape index (κ1) is 20.2. The number of allylic oxidation sites excluding steroid dienone is 2. The average molecular weight is 457 g/mol. The van der Waals surface area contributed by atoms with Crippen LogP contribution in [0.1, 0.15) is 29.7 Å². The zero-order chi connectivity index (χ0) is 23.2. The molecular formula is C31H28N4. The van der Waals surface area contributed by atoms with Crippen LogP contribution in [0.2, 0.25) is 0 Å². The molecule has 0 saturated carbocycles. The average Bonchev–Trinajstić information content (AvgIpc) is 3.50. The van der Waals surface area contributed by atoms with Crippen molar-refractivity contribution in [3.63, 3.8) is 0 Å². The normalized spacial score (nSPS) is 17.3. The molecule has 172 valence electrons. The van der Waals surface area contributed by atoms with Gasteiger partial charge in [0, 0.05) is 33.9 Å². The highest BCUT2D eigenvalue weighted by atomic mass is 15.5. The molecule has 35 heavy (non-hydrogen) atoms. The van der Waals surface area contributed by atoms with E-state index < -0.39 is 0 Å². The number of rotatable bonds is 4. The van der Waals surface area contributed by atoms with E-state index in [0.29, 0.717) is 0 Å². The van der Waals surface area contributed by atoms with Gasteiger partial charge in [0.25, 0.3) is 0 Å². The SMILES string of the molecule is C1=CNC(Nn2c3c(c4ccc5c(ccn5-c5ccccc5)c42)CCCC3)C(c2ccccc2)=C1. The maximum Gasteiger partial charge on any atom is 0.137 e. The maximum absolute atomic E-state index is 3.90. The lowest BCUT2D eigenvalue weighted by Gasteiger charge is -2.28. The molecule has 0 fully saturated rings. The Bertz CT molecular complexity index is 1590. The number of aromatic nitrogens is 2. The third-order valence-electron chi connectivity index (χ3n) is 7.45. The smallest absolute Gasteiger partial charge is 0.137 e. The molecule has 0 amide bonds. The van der Waals surface area contributed by atoms with Gasteiger partial charge in [-0.25, -0.2) is 0 Å². The van der Waals surface area contributed by atoms with Gasteiger partial charge in [-0.15, -0.1) is 0 Å². The Morgan fingerprint density at radius 2 is 1.60 bits per heavy atom. The van der Waals surface area contributed by atoms with Crippen LogP contribution in [0, 0.1) is 0 Å². The van der Waals surface area contributed by atoms with Crippen LogP contribution in [0.5, 0.6) is 0 Å². The lowest BCUT2D eigenvalue weighted by atomic mass is 9.95. The van der Waals surface area contributed by atoms with Gasteiger partial charge in [0.15, 0.2) is 0 Å². The van der Waals surface area contributed by atoms with Crippen molar-refractivity contribution in [2.24, 2.45) is 0 Å².